The smallest absolute Gasteiger partial charge is 0.265 e. The summed E-state index contributed by atoms with van der Waals surface area (Å²) in [7, 11) is 1.76. The molecule has 1 atom stereocenters. The Labute approximate surface area is 156 Å². The Morgan fingerprint density at radius 1 is 1.37 bits per heavy atom. The SMILES string of the molecule is Cc1nn(C)c(OCC2CCCCO2)c1C(=O)Nc1nnc2ccccn12. The maximum Gasteiger partial charge on any atom is 0.265 e. The van der Waals surface area contributed by atoms with Gasteiger partial charge >= 0.3 is 0 Å². The molecule has 1 N–H and O–H groups in total. The van der Waals surface area contributed by atoms with Crippen LogP contribution in [-0.4, -0.2) is 49.6 Å². The van der Waals surface area contributed by atoms with Crippen molar-refractivity contribution in [2.75, 3.05) is 18.5 Å². The highest BCUT2D eigenvalue weighted by molar-refractivity contribution is 6.06. The molecular weight excluding hydrogens is 348 g/mol. The van der Waals surface area contributed by atoms with Gasteiger partial charge in [-0.15, -0.1) is 10.2 Å². The fourth-order valence-electron chi connectivity index (χ4n) is 3.27. The molecule has 1 amide bonds. The number of nitrogens with one attached hydrogen (secondary N) is 1. The molecule has 3 aromatic heterocycles. The Morgan fingerprint density at radius 2 is 2.26 bits per heavy atom. The minimum absolute atomic E-state index is 0.0466. The highest BCUT2D eigenvalue weighted by Gasteiger charge is 2.25. The maximum atomic E-state index is 12.9. The summed E-state index contributed by atoms with van der Waals surface area (Å²) in [5, 5.41) is 15.2. The van der Waals surface area contributed by atoms with Gasteiger partial charge in [-0.3, -0.25) is 14.5 Å². The van der Waals surface area contributed by atoms with Crippen molar-refractivity contribution in [1.82, 2.24) is 24.4 Å². The minimum atomic E-state index is -0.335. The van der Waals surface area contributed by atoms with Crippen molar-refractivity contribution in [1.29, 1.82) is 0 Å². The maximum absolute atomic E-state index is 12.9. The summed E-state index contributed by atoms with van der Waals surface area (Å²) < 4.78 is 14.9. The lowest BCUT2D eigenvalue weighted by atomic mass is 10.1. The van der Waals surface area contributed by atoms with Gasteiger partial charge in [-0.2, -0.15) is 5.10 Å². The predicted octanol–water partition coefficient (Wildman–Crippen LogP) is 1.97. The Hall–Kier alpha value is -2.94. The number of nitrogens with zero attached hydrogens (tertiary/aromatic N) is 5. The van der Waals surface area contributed by atoms with Gasteiger partial charge in [0.15, 0.2) is 5.65 Å². The number of anilines is 1. The van der Waals surface area contributed by atoms with E-state index in [2.05, 4.69) is 20.6 Å². The fourth-order valence-corrected chi connectivity index (χ4v) is 3.27. The summed E-state index contributed by atoms with van der Waals surface area (Å²) in [6.45, 7) is 2.93. The summed E-state index contributed by atoms with van der Waals surface area (Å²) in [4.78, 5) is 12.9. The van der Waals surface area contributed by atoms with Gasteiger partial charge < -0.3 is 9.47 Å². The quantitative estimate of drug-likeness (QED) is 0.738. The lowest BCUT2D eigenvalue weighted by Crippen LogP contribution is -2.27. The number of ether oxygens (including phenoxy) is 2. The van der Waals surface area contributed by atoms with Crippen molar-refractivity contribution < 1.29 is 14.3 Å². The molecule has 1 unspecified atom stereocenters. The normalized spacial score (nSPS) is 17.2. The Bertz CT molecular complexity index is 957. The number of hydrogen-bond donors (Lipinski definition) is 1. The second kappa shape index (κ2) is 7.36. The topological polar surface area (TPSA) is 95.6 Å². The zero-order valence-corrected chi connectivity index (χ0v) is 15.4. The van der Waals surface area contributed by atoms with E-state index in [4.69, 9.17) is 9.47 Å². The Kier molecular flexibility index (Phi) is 4.76. The third-order valence-corrected chi connectivity index (χ3v) is 4.62. The molecule has 27 heavy (non-hydrogen) atoms. The van der Waals surface area contributed by atoms with Crippen molar-refractivity contribution in [2.45, 2.75) is 32.3 Å². The van der Waals surface area contributed by atoms with E-state index < -0.39 is 0 Å². The zero-order chi connectivity index (χ0) is 18.8. The number of carbonyl (C=O) groups is 1. The number of amides is 1. The van der Waals surface area contributed by atoms with Gasteiger partial charge in [0.2, 0.25) is 11.8 Å². The highest BCUT2D eigenvalue weighted by atomic mass is 16.5. The van der Waals surface area contributed by atoms with Gasteiger partial charge in [0.25, 0.3) is 5.91 Å². The van der Waals surface area contributed by atoms with Crippen molar-refractivity contribution in [2.24, 2.45) is 7.05 Å². The molecule has 1 saturated heterocycles. The summed E-state index contributed by atoms with van der Waals surface area (Å²) in [6.07, 6.45) is 5.01. The van der Waals surface area contributed by atoms with E-state index in [1.54, 1.807) is 29.3 Å². The lowest BCUT2D eigenvalue weighted by molar-refractivity contribution is -0.0128. The van der Waals surface area contributed by atoms with Crippen LogP contribution in [0.2, 0.25) is 0 Å². The Balaban J connectivity index is 1.54. The van der Waals surface area contributed by atoms with Crippen LogP contribution in [0.25, 0.3) is 5.65 Å². The van der Waals surface area contributed by atoms with E-state index in [1.807, 2.05) is 18.2 Å². The number of aromatic nitrogens is 5. The van der Waals surface area contributed by atoms with Crippen LogP contribution < -0.4 is 10.1 Å². The molecule has 0 aliphatic carbocycles. The minimum Gasteiger partial charge on any atom is -0.475 e. The first kappa shape index (κ1) is 17.5. The van der Waals surface area contributed by atoms with Crippen LogP contribution in [0, 0.1) is 6.92 Å². The average molecular weight is 370 g/mol. The molecule has 3 aromatic rings. The van der Waals surface area contributed by atoms with Crippen molar-refractivity contribution in [3.8, 4) is 5.88 Å². The molecule has 0 aromatic carbocycles. The van der Waals surface area contributed by atoms with Crippen LogP contribution in [0.5, 0.6) is 5.88 Å². The number of pyridine rings is 1. The van der Waals surface area contributed by atoms with E-state index in [0.29, 0.717) is 35.3 Å². The first-order chi connectivity index (χ1) is 13.1. The molecule has 0 radical (unpaired) electrons. The van der Waals surface area contributed by atoms with Gasteiger partial charge in [-0.1, -0.05) is 6.07 Å². The molecule has 1 aliphatic rings. The van der Waals surface area contributed by atoms with Gasteiger partial charge in [0.1, 0.15) is 12.2 Å². The molecule has 1 aliphatic heterocycles. The third kappa shape index (κ3) is 3.50. The van der Waals surface area contributed by atoms with Crippen LogP contribution >= 0.6 is 0 Å². The van der Waals surface area contributed by atoms with Gasteiger partial charge in [0.05, 0.1) is 11.8 Å². The van der Waals surface area contributed by atoms with E-state index in [0.717, 1.165) is 25.9 Å². The molecule has 142 valence electrons. The van der Waals surface area contributed by atoms with Gasteiger partial charge in [-0.25, -0.2) is 4.68 Å². The van der Waals surface area contributed by atoms with Crippen molar-refractivity contribution in [3.05, 3.63) is 35.7 Å². The van der Waals surface area contributed by atoms with E-state index in [1.165, 1.54) is 0 Å². The van der Waals surface area contributed by atoms with Gasteiger partial charge in [-0.05, 0) is 38.3 Å². The molecule has 9 nitrogen and oxygen atoms in total. The number of hydrogen-bond acceptors (Lipinski definition) is 6. The van der Waals surface area contributed by atoms with Crippen LogP contribution in [0.15, 0.2) is 24.4 Å². The summed E-state index contributed by atoms with van der Waals surface area (Å²) in [5.41, 5.74) is 1.63. The van der Waals surface area contributed by atoms with Gasteiger partial charge in [0, 0.05) is 19.9 Å². The molecule has 1 fully saturated rings. The number of carbonyl (C=O) groups excluding carboxylic acids is 1. The molecule has 0 bridgehead atoms. The first-order valence-electron chi connectivity index (χ1n) is 9.02. The van der Waals surface area contributed by atoms with Crippen LogP contribution in [-0.2, 0) is 11.8 Å². The molecule has 0 saturated carbocycles. The van der Waals surface area contributed by atoms with Crippen LogP contribution in [0.4, 0.5) is 5.95 Å². The molecule has 4 rings (SSSR count). The number of aryl methyl sites for hydroxylation is 2. The lowest BCUT2D eigenvalue weighted by Gasteiger charge is -2.22. The van der Waals surface area contributed by atoms with E-state index in [9.17, 15) is 4.79 Å². The third-order valence-electron chi connectivity index (χ3n) is 4.62. The second-order valence-corrected chi connectivity index (χ2v) is 6.60. The summed E-state index contributed by atoms with van der Waals surface area (Å²) in [5.74, 6) is 0.437. The number of fused-ring (bicyclic) bond motifs is 1. The Morgan fingerprint density at radius 3 is 3.07 bits per heavy atom. The largest absolute Gasteiger partial charge is 0.475 e. The van der Waals surface area contributed by atoms with E-state index >= 15 is 0 Å². The molecule has 9 heteroatoms. The monoisotopic (exact) mass is 370 g/mol. The van der Waals surface area contributed by atoms with Crippen molar-refractivity contribution >= 4 is 17.5 Å². The first-order valence-corrected chi connectivity index (χ1v) is 9.02. The zero-order valence-electron chi connectivity index (χ0n) is 15.4. The molecule has 4 heterocycles. The standard InChI is InChI=1S/C18H22N6O3/c1-12-15(16(25)19-18-21-20-14-8-3-5-9-24(14)18)17(23(2)22-12)27-11-13-7-4-6-10-26-13/h3,5,8-9,13H,4,6-7,10-11H2,1-2H3,(H,19,21,25). The molecular formula is C18H22N6O3. The van der Waals surface area contributed by atoms with Crippen LogP contribution in [0.1, 0.15) is 35.3 Å². The summed E-state index contributed by atoms with van der Waals surface area (Å²) >= 11 is 0. The molecule has 0 spiro atoms. The van der Waals surface area contributed by atoms with Crippen molar-refractivity contribution in [3.63, 3.8) is 0 Å². The predicted molar refractivity (Wildman–Crippen MR) is 98.0 cm³/mol. The van der Waals surface area contributed by atoms with Crippen LogP contribution in [0.3, 0.4) is 0 Å². The fraction of sp³-hybridized carbons (Fsp3) is 0.444. The summed E-state index contributed by atoms with van der Waals surface area (Å²) in [6, 6.07) is 5.52. The van der Waals surface area contributed by atoms with E-state index in [-0.39, 0.29) is 12.0 Å². The second-order valence-electron chi connectivity index (χ2n) is 6.60. The highest BCUT2D eigenvalue weighted by Crippen LogP contribution is 2.24. The number of rotatable bonds is 5. The average Bonchev–Trinajstić information content (AvgIpc) is 3.21.